The Hall–Kier alpha value is -0.580. The molecule has 0 aliphatic heterocycles. The number of thiophene rings is 1. The number of rotatable bonds is 2. The highest BCUT2D eigenvalue weighted by Gasteiger charge is 2.07. The first kappa shape index (κ1) is 9.96. The maximum absolute atomic E-state index is 13.1. The highest BCUT2D eigenvalue weighted by Crippen LogP contribution is 2.34. The van der Waals surface area contributed by atoms with E-state index in [0.29, 0.717) is 5.56 Å². The Morgan fingerprint density at radius 3 is 2.86 bits per heavy atom. The van der Waals surface area contributed by atoms with Crippen LogP contribution >= 0.6 is 23.1 Å². The predicted molar refractivity (Wildman–Crippen MR) is 59.5 cm³/mol. The minimum Gasteiger partial charge on any atom is -0.392 e. The largest absolute Gasteiger partial charge is 0.392 e. The van der Waals surface area contributed by atoms with Crippen LogP contribution in [0.3, 0.4) is 0 Å². The summed E-state index contributed by atoms with van der Waals surface area (Å²) < 4.78 is 15.2. The monoisotopic (exact) mass is 228 g/mol. The van der Waals surface area contributed by atoms with Crippen LogP contribution in [0.4, 0.5) is 4.39 Å². The van der Waals surface area contributed by atoms with Crippen molar-refractivity contribution >= 4 is 33.2 Å². The summed E-state index contributed by atoms with van der Waals surface area (Å²) >= 11 is 3.23. The van der Waals surface area contributed by atoms with E-state index in [1.54, 1.807) is 23.1 Å². The molecule has 1 heterocycles. The molecule has 1 N–H and O–H groups in total. The van der Waals surface area contributed by atoms with Gasteiger partial charge in [0.1, 0.15) is 5.82 Å². The Morgan fingerprint density at radius 2 is 2.21 bits per heavy atom. The van der Waals surface area contributed by atoms with Gasteiger partial charge in [0.05, 0.1) is 10.8 Å². The molecule has 0 saturated heterocycles. The molecule has 1 aromatic carbocycles. The Balaban J connectivity index is 2.71. The smallest absolute Gasteiger partial charge is 0.124 e. The van der Waals surface area contributed by atoms with Crippen LogP contribution in [-0.2, 0) is 6.61 Å². The van der Waals surface area contributed by atoms with Crippen LogP contribution < -0.4 is 0 Å². The molecule has 1 nitrogen and oxygen atoms in total. The lowest BCUT2D eigenvalue weighted by molar-refractivity contribution is 0.283. The molecule has 0 amide bonds. The van der Waals surface area contributed by atoms with Gasteiger partial charge in [-0.05, 0) is 35.4 Å². The number of aliphatic hydroxyl groups excluding tert-OH is 1. The Bertz CT molecular complexity index is 464. The molecule has 2 aromatic rings. The van der Waals surface area contributed by atoms with Crippen molar-refractivity contribution in [2.24, 2.45) is 0 Å². The third kappa shape index (κ3) is 1.65. The molecule has 0 aliphatic rings. The molecule has 4 heteroatoms. The fraction of sp³-hybridized carbons (Fsp3) is 0.200. The summed E-state index contributed by atoms with van der Waals surface area (Å²) in [5, 5.41) is 9.95. The summed E-state index contributed by atoms with van der Waals surface area (Å²) in [4.78, 5) is 0. The van der Waals surface area contributed by atoms with E-state index in [0.717, 1.165) is 14.3 Å². The third-order valence-electron chi connectivity index (χ3n) is 2.01. The highest BCUT2D eigenvalue weighted by atomic mass is 32.2. The summed E-state index contributed by atoms with van der Waals surface area (Å²) in [6.45, 7) is -0.109. The van der Waals surface area contributed by atoms with Gasteiger partial charge in [-0.3, -0.25) is 0 Å². The van der Waals surface area contributed by atoms with E-state index >= 15 is 0 Å². The van der Waals surface area contributed by atoms with Gasteiger partial charge in [-0.1, -0.05) is 0 Å². The number of halogens is 1. The minimum atomic E-state index is -0.285. The normalized spacial score (nSPS) is 11.1. The maximum Gasteiger partial charge on any atom is 0.124 e. The van der Waals surface area contributed by atoms with Crippen LogP contribution in [0.2, 0.25) is 0 Å². The van der Waals surface area contributed by atoms with Crippen LogP contribution in [0.15, 0.2) is 22.4 Å². The zero-order valence-corrected chi connectivity index (χ0v) is 9.21. The molecule has 0 fully saturated rings. The van der Waals surface area contributed by atoms with Gasteiger partial charge in [-0.2, -0.15) is 0 Å². The van der Waals surface area contributed by atoms with E-state index in [1.807, 2.05) is 12.3 Å². The summed E-state index contributed by atoms with van der Waals surface area (Å²) in [6.07, 6.45) is 1.99. The second-order valence-electron chi connectivity index (χ2n) is 2.91. The number of benzene rings is 1. The molecule has 0 atom stereocenters. The van der Waals surface area contributed by atoms with Crippen LogP contribution in [-0.4, -0.2) is 11.4 Å². The van der Waals surface area contributed by atoms with Crippen molar-refractivity contribution < 1.29 is 9.50 Å². The van der Waals surface area contributed by atoms with Gasteiger partial charge in [0.25, 0.3) is 0 Å². The summed E-state index contributed by atoms with van der Waals surface area (Å²) in [7, 11) is 0. The molecule has 74 valence electrons. The lowest BCUT2D eigenvalue weighted by atomic mass is 10.2. The molecule has 14 heavy (non-hydrogen) atoms. The molecular formula is C10H9FOS2. The van der Waals surface area contributed by atoms with Crippen molar-refractivity contribution in [2.75, 3.05) is 6.26 Å². The summed E-state index contributed by atoms with van der Waals surface area (Å²) in [5.41, 5.74) is 0.672. The number of fused-ring (bicyclic) bond motifs is 1. The number of aliphatic hydroxyl groups is 1. The van der Waals surface area contributed by atoms with E-state index in [4.69, 9.17) is 5.11 Å². The molecule has 0 saturated carbocycles. The van der Waals surface area contributed by atoms with Crippen LogP contribution in [0.25, 0.3) is 10.1 Å². The van der Waals surface area contributed by atoms with Crippen LogP contribution in [0, 0.1) is 5.82 Å². The fourth-order valence-electron chi connectivity index (χ4n) is 1.38. The average Bonchev–Trinajstić information content (AvgIpc) is 2.59. The number of hydrogen-bond donors (Lipinski definition) is 1. The van der Waals surface area contributed by atoms with E-state index in [1.165, 1.54) is 12.1 Å². The summed E-state index contributed by atoms with van der Waals surface area (Å²) in [6, 6.07) is 4.85. The quantitative estimate of drug-likeness (QED) is 0.796. The first-order valence-electron chi connectivity index (χ1n) is 4.11. The topological polar surface area (TPSA) is 20.2 Å². The van der Waals surface area contributed by atoms with Crippen molar-refractivity contribution in [1.82, 2.24) is 0 Å². The fourth-order valence-corrected chi connectivity index (χ4v) is 3.09. The zero-order chi connectivity index (χ0) is 10.1. The van der Waals surface area contributed by atoms with Gasteiger partial charge >= 0.3 is 0 Å². The van der Waals surface area contributed by atoms with E-state index < -0.39 is 0 Å². The maximum atomic E-state index is 13.1. The Kier molecular flexibility index (Phi) is 2.76. The average molecular weight is 228 g/mol. The first-order valence-corrected chi connectivity index (χ1v) is 6.15. The van der Waals surface area contributed by atoms with Crippen molar-refractivity contribution in [3.05, 3.63) is 29.6 Å². The van der Waals surface area contributed by atoms with Crippen LogP contribution in [0.5, 0.6) is 0 Å². The molecule has 0 unspecified atom stereocenters. The highest BCUT2D eigenvalue weighted by molar-refractivity contribution is 8.00. The van der Waals surface area contributed by atoms with Gasteiger partial charge in [0.15, 0.2) is 0 Å². The molecule has 2 rings (SSSR count). The zero-order valence-electron chi connectivity index (χ0n) is 7.58. The van der Waals surface area contributed by atoms with E-state index in [2.05, 4.69) is 0 Å². The molecule has 0 radical (unpaired) electrons. The number of hydrogen-bond acceptors (Lipinski definition) is 3. The molecule has 0 spiro atoms. The van der Waals surface area contributed by atoms with Gasteiger partial charge in [0, 0.05) is 4.70 Å². The lowest BCUT2D eigenvalue weighted by Crippen LogP contribution is -1.84. The van der Waals surface area contributed by atoms with Crippen LogP contribution in [0.1, 0.15) is 5.56 Å². The lowest BCUT2D eigenvalue weighted by Gasteiger charge is -1.98. The minimum absolute atomic E-state index is 0.109. The van der Waals surface area contributed by atoms with Crippen molar-refractivity contribution in [1.29, 1.82) is 0 Å². The molecular weight excluding hydrogens is 219 g/mol. The van der Waals surface area contributed by atoms with Gasteiger partial charge in [0.2, 0.25) is 0 Å². The van der Waals surface area contributed by atoms with E-state index in [9.17, 15) is 4.39 Å². The Morgan fingerprint density at radius 1 is 1.43 bits per heavy atom. The molecule has 0 aliphatic carbocycles. The molecule has 0 bridgehead atoms. The number of thioether (sulfide) groups is 1. The van der Waals surface area contributed by atoms with Gasteiger partial charge < -0.3 is 5.11 Å². The Labute approximate surface area is 89.6 Å². The SMILES string of the molecule is CSc1cc2cc(F)cc(CO)c2s1. The van der Waals surface area contributed by atoms with Gasteiger partial charge in [-0.15, -0.1) is 23.1 Å². The predicted octanol–water partition coefficient (Wildman–Crippen LogP) is 3.25. The summed E-state index contributed by atoms with van der Waals surface area (Å²) in [5.74, 6) is -0.285. The van der Waals surface area contributed by atoms with E-state index in [-0.39, 0.29) is 12.4 Å². The van der Waals surface area contributed by atoms with Crippen molar-refractivity contribution in [3.8, 4) is 0 Å². The van der Waals surface area contributed by atoms with Gasteiger partial charge in [-0.25, -0.2) is 4.39 Å². The molecule has 1 aromatic heterocycles. The van der Waals surface area contributed by atoms with Crippen molar-refractivity contribution in [2.45, 2.75) is 10.8 Å². The van der Waals surface area contributed by atoms with Crippen molar-refractivity contribution in [3.63, 3.8) is 0 Å². The third-order valence-corrected chi connectivity index (χ3v) is 4.30. The second kappa shape index (κ2) is 3.88. The first-order chi connectivity index (χ1) is 6.74. The second-order valence-corrected chi connectivity index (χ2v) is 5.07. The standard InChI is InChI=1S/C10H9FOS2/c1-13-9-4-6-2-8(11)3-7(5-12)10(6)14-9/h2-4,12H,5H2,1H3.